The minimum Gasteiger partial charge on any atom is -0.469 e. The lowest BCUT2D eigenvalue weighted by molar-refractivity contribution is 0.146. The second-order valence-corrected chi connectivity index (χ2v) is 4.22. The second kappa shape index (κ2) is 5.93. The van der Waals surface area contributed by atoms with Crippen molar-refractivity contribution in [3.05, 3.63) is 24.2 Å². The summed E-state index contributed by atoms with van der Waals surface area (Å²) in [6.07, 6.45) is 3.35. The predicted molar refractivity (Wildman–Crippen MR) is 60.8 cm³/mol. The number of rotatable bonds is 6. The first-order valence-corrected chi connectivity index (χ1v) is 5.56. The van der Waals surface area contributed by atoms with Crippen molar-refractivity contribution in [2.45, 2.75) is 51.8 Å². The fraction of sp³-hybridized carbons (Fsp3) is 0.667. The Hall–Kier alpha value is -0.800. The Morgan fingerprint density at radius 2 is 2.13 bits per heavy atom. The molecule has 1 rings (SSSR count). The van der Waals surface area contributed by atoms with E-state index in [9.17, 15) is 5.11 Å². The summed E-state index contributed by atoms with van der Waals surface area (Å²) in [6.45, 7) is 5.92. The molecule has 3 atom stereocenters. The molecule has 1 aromatic heterocycles. The smallest absolute Gasteiger partial charge is 0.103 e. The van der Waals surface area contributed by atoms with E-state index in [4.69, 9.17) is 4.42 Å². The highest BCUT2D eigenvalue weighted by atomic mass is 16.3. The zero-order valence-corrected chi connectivity index (χ0v) is 9.73. The van der Waals surface area contributed by atoms with E-state index in [0.29, 0.717) is 6.04 Å². The van der Waals surface area contributed by atoms with E-state index in [1.807, 2.05) is 19.1 Å². The first-order valence-electron chi connectivity index (χ1n) is 5.56. The molecule has 0 saturated carbocycles. The number of hydrogen-bond acceptors (Lipinski definition) is 3. The molecule has 1 heterocycles. The first-order chi connectivity index (χ1) is 7.09. The third-order valence-electron chi connectivity index (χ3n) is 2.67. The fourth-order valence-corrected chi connectivity index (χ4v) is 1.48. The van der Waals surface area contributed by atoms with Gasteiger partial charge in [-0.1, -0.05) is 0 Å². The summed E-state index contributed by atoms with van der Waals surface area (Å²) < 4.78 is 5.26. The Morgan fingerprint density at radius 3 is 2.67 bits per heavy atom. The molecule has 3 heteroatoms. The largest absolute Gasteiger partial charge is 0.469 e. The molecule has 0 amide bonds. The Bertz CT molecular complexity index is 257. The van der Waals surface area contributed by atoms with E-state index in [1.165, 1.54) is 0 Å². The lowest BCUT2D eigenvalue weighted by atomic mass is 10.1. The van der Waals surface area contributed by atoms with Crippen molar-refractivity contribution in [1.29, 1.82) is 0 Å². The summed E-state index contributed by atoms with van der Waals surface area (Å²) in [5, 5.41) is 12.7. The Labute approximate surface area is 91.5 Å². The summed E-state index contributed by atoms with van der Waals surface area (Å²) in [5.41, 5.74) is 0. The molecule has 0 aliphatic carbocycles. The number of aliphatic hydroxyl groups excluding tert-OH is 1. The van der Waals surface area contributed by atoms with Gasteiger partial charge in [0.25, 0.3) is 0 Å². The van der Waals surface area contributed by atoms with Gasteiger partial charge in [0.15, 0.2) is 0 Å². The van der Waals surface area contributed by atoms with Crippen molar-refractivity contribution >= 4 is 0 Å². The predicted octanol–water partition coefficient (Wildman–Crippen LogP) is 1.96. The lowest BCUT2D eigenvalue weighted by Crippen LogP contribution is -2.41. The molecule has 3 unspecified atom stereocenters. The van der Waals surface area contributed by atoms with Gasteiger partial charge in [0.2, 0.25) is 0 Å². The average molecular weight is 211 g/mol. The molecule has 2 N–H and O–H groups in total. The number of aryl methyl sites for hydroxylation is 1. The normalized spacial score (nSPS) is 17.3. The number of furan rings is 1. The maximum atomic E-state index is 9.34. The third kappa shape index (κ3) is 4.49. The molecule has 0 spiro atoms. The van der Waals surface area contributed by atoms with Gasteiger partial charge in [-0.25, -0.2) is 0 Å². The Balaban J connectivity index is 2.21. The van der Waals surface area contributed by atoms with Crippen LogP contribution < -0.4 is 5.32 Å². The molecular formula is C12H21NO2. The molecule has 0 aromatic carbocycles. The van der Waals surface area contributed by atoms with E-state index in [-0.39, 0.29) is 12.1 Å². The van der Waals surface area contributed by atoms with Crippen molar-refractivity contribution < 1.29 is 9.52 Å². The average Bonchev–Trinajstić information content (AvgIpc) is 2.66. The van der Waals surface area contributed by atoms with Crippen LogP contribution in [0.5, 0.6) is 0 Å². The summed E-state index contributed by atoms with van der Waals surface area (Å²) in [6, 6.07) is 4.42. The van der Waals surface area contributed by atoms with E-state index >= 15 is 0 Å². The molecule has 86 valence electrons. The van der Waals surface area contributed by atoms with Crippen molar-refractivity contribution in [1.82, 2.24) is 5.32 Å². The van der Waals surface area contributed by atoms with E-state index in [1.54, 1.807) is 13.2 Å². The summed E-state index contributed by atoms with van der Waals surface area (Å²) in [4.78, 5) is 0. The van der Waals surface area contributed by atoms with Crippen molar-refractivity contribution in [2.24, 2.45) is 0 Å². The number of nitrogens with one attached hydrogen (secondary N) is 1. The van der Waals surface area contributed by atoms with Crippen LogP contribution in [0.3, 0.4) is 0 Å². The number of hydrogen-bond donors (Lipinski definition) is 2. The molecule has 1 aromatic rings. The monoisotopic (exact) mass is 211 g/mol. The minimum atomic E-state index is -0.309. The van der Waals surface area contributed by atoms with Gasteiger partial charge in [-0.3, -0.25) is 0 Å². The van der Waals surface area contributed by atoms with Crippen molar-refractivity contribution in [2.75, 3.05) is 0 Å². The summed E-state index contributed by atoms with van der Waals surface area (Å²) in [7, 11) is 0. The van der Waals surface area contributed by atoms with Gasteiger partial charge in [-0.05, 0) is 39.3 Å². The SMILES string of the molecule is CC(CCc1ccco1)NC(C)C(C)O. The van der Waals surface area contributed by atoms with Crippen molar-refractivity contribution in [3.63, 3.8) is 0 Å². The summed E-state index contributed by atoms with van der Waals surface area (Å²) >= 11 is 0. The zero-order chi connectivity index (χ0) is 11.3. The fourth-order valence-electron chi connectivity index (χ4n) is 1.48. The van der Waals surface area contributed by atoms with Gasteiger partial charge < -0.3 is 14.8 Å². The molecule has 0 bridgehead atoms. The molecule has 0 saturated heterocycles. The molecule has 0 aliphatic heterocycles. The van der Waals surface area contributed by atoms with Crippen LogP contribution in [0.4, 0.5) is 0 Å². The van der Waals surface area contributed by atoms with Crippen LogP contribution in [0.1, 0.15) is 33.0 Å². The second-order valence-electron chi connectivity index (χ2n) is 4.22. The molecular weight excluding hydrogens is 190 g/mol. The van der Waals surface area contributed by atoms with E-state index in [2.05, 4.69) is 12.2 Å². The van der Waals surface area contributed by atoms with Gasteiger partial charge in [0.05, 0.1) is 12.4 Å². The van der Waals surface area contributed by atoms with Crippen LogP contribution in [-0.2, 0) is 6.42 Å². The molecule has 0 fully saturated rings. The topological polar surface area (TPSA) is 45.4 Å². The van der Waals surface area contributed by atoms with Crippen molar-refractivity contribution in [3.8, 4) is 0 Å². The summed E-state index contributed by atoms with van der Waals surface area (Å²) in [5.74, 6) is 1.02. The Kier molecular flexibility index (Phi) is 4.85. The van der Waals surface area contributed by atoms with Gasteiger partial charge in [-0.15, -0.1) is 0 Å². The highest BCUT2D eigenvalue weighted by Crippen LogP contribution is 2.06. The van der Waals surface area contributed by atoms with E-state index < -0.39 is 0 Å². The Morgan fingerprint density at radius 1 is 1.40 bits per heavy atom. The molecule has 0 aliphatic rings. The maximum absolute atomic E-state index is 9.34. The van der Waals surface area contributed by atoms with Crippen LogP contribution in [0.25, 0.3) is 0 Å². The highest BCUT2D eigenvalue weighted by molar-refractivity contribution is 4.98. The zero-order valence-electron chi connectivity index (χ0n) is 9.73. The quantitative estimate of drug-likeness (QED) is 0.756. The van der Waals surface area contributed by atoms with Gasteiger partial charge in [0, 0.05) is 18.5 Å². The first kappa shape index (κ1) is 12.3. The highest BCUT2D eigenvalue weighted by Gasteiger charge is 2.11. The van der Waals surface area contributed by atoms with Crippen LogP contribution in [-0.4, -0.2) is 23.3 Å². The van der Waals surface area contributed by atoms with E-state index in [0.717, 1.165) is 18.6 Å². The minimum absolute atomic E-state index is 0.136. The molecule has 3 nitrogen and oxygen atoms in total. The maximum Gasteiger partial charge on any atom is 0.103 e. The van der Waals surface area contributed by atoms with Crippen LogP contribution in [0.15, 0.2) is 22.8 Å². The number of aliphatic hydroxyl groups is 1. The van der Waals surface area contributed by atoms with Gasteiger partial charge in [-0.2, -0.15) is 0 Å². The van der Waals surface area contributed by atoms with Crippen LogP contribution >= 0.6 is 0 Å². The standard InChI is InChI=1S/C12H21NO2/c1-9(13-10(2)11(3)14)6-7-12-5-4-8-15-12/h4-5,8-11,13-14H,6-7H2,1-3H3. The molecule has 15 heavy (non-hydrogen) atoms. The van der Waals surface area contributed by atoms with Gasteiger partial charge in [0.1, 0.15) is 5.76 Å². The third-order valence-corrected chi connectivity index (χ3v) is 2.67. The van der Waals surface area contributed by atoms with Gasteiger partial charge >= 0.3 is 0 Å². The van der Waals surface area contributed by atoms with Crippen LogP contribution in [0.2, 0.25) is 0 Å². The van der Waals surface area contributed by atoms with Crippen LogP contribution in [0, 0.1) is 0 Å². The molecule has 0 radical (unpaired) electrons. The lowest BCUT2D eigenvalue weighted by Gasteiger charge is -2.21.